The molecule has 0 heterocycles. The minimum Gasteiger partial charge on any atom is -0.497 e. The van der Waals surface area contributed by atoms with Gasteiger partial charge in [0.2, 0.25) is 5.91 Å². The third-order valence-electron chi connectivity index (χ3n) is 4.03. The van der Waals surface area contributed by atoms with Crippen molar-refractivity contribution in [3.63, 3.8) is 0 Å². The summed E-state index contributed by atoms with van der Waals surface area (Å²) < 4.78 is 32.6. The predicted octanol–water partition coefficient (Wildman–Crippen LogP) is 3.02. The molecule has 0 saturated carbocycles. The van der Waals surface area contributed by atoms with E-state index in [2.05, 4.69) is 5.32 Å². The molecular formula is C19H19F2NO4. The van der Waals surface area contributed by atoms with Gasteiger partial charge in [0, 0.05) is 5.56 Å². The van der Waals surface area contributed by atoms with Crippen LogP contribution in [0.25, 0.3) is 0 Å². The van der Waals surface area contributed by atoms with Gasteiger partial charge in [0.05, 0.1) is 25.5 Å². The summed E-state index contributed by atoms with van der Waals surface area (Å²) in [4.78, 5) is 23.7. The zero-order valence-corrected chi connectivity index (χ0v) is 14.4. The molecule has 0 aliphatic rings. The number of carboxylic acids is 1. The standard InChI is InChI=1S/C19H19F2NO4/c1-19(11-18(24)25,12-5-3-6-13(9-12)26-2)22-17(23)10-14-15(20)7-4-8-16(14)21/h3-9H,10-11H2,1-2H3,(H,22,23)(H,24,25). The van der Waals surface area contributed by atoms with E-state index in [9.17, 15) is 23.5 Å². The minimum atomic E-state index is -1.28. The van der Waals surface area contributed by atoms with Crippen LogP contribution >= 0.6 is 0 Å². The number of hydrogen-bond donors (Lipinski definition) is 2. The first kappa shape index (κ1) is 19.4. The molecular weight excluding hydrogens is 344 g/mol. The highest BCUT2D eigenvalue weighted by atomic mass is 19.1. The molecule has 26 heavy (non-hydrogen) atoms. The molecule has 0 aliphatic carbocycles. The molecule has 0 aliphatic heterocycles. The fourth-order valence-electron chi connectivity index (χ4n) is 2.70. The maximum atomic E-state index is 13.7. The second-order valence-corrected chi connectivity index (χ2v) is 6.06. The number of carbonyl (C=O) groups excluding carboxylic acids is 1. The monoisotopic (exact) mass is 363 g/mol. The van der Waals surface area contributed by atoms with Crippen molar-refractivity contribution in [2.45, 2.75) is 25.3 Å². The molecule has 138 valence electrons. The minimum absolute atomic E-state index is 0.367. The first-order chi connectivity index (χ1) is 12.2. The number of nitrogens with one attached hydrogen (secondary N) is 1. The number of rotatable bonds is 7. The summed E-state index contributed by atoms with van der Waals surface area (Å²) in [5.41, 5.74) is -1.14. The van der Waals surface area contributed by atoms with Crippen molar-refractivity contribution in [1.82, 2.24) is 5.32 Å². The lowest BCUT2D eigenvalue weighted by Crippen LogP contribution is -2.45. The second-order valence-electron chi connectivity index (χ2n) is 6.06. The summed E-state index contributed by atoms with van der Waals surface area (Å²) in [6.45, 7) is 1.53. The first-order valence-corrected chi connectivity index (χ1v) is 7.85. The topological polar surface area (TPSA) is 75.6 Å². The number of hydrogen-bond acceptors (Lipinski definition) is 3. The number of benzene rings is 2. The Hall–Kier alpha value is -2.96. The Bertz CT molecular complexity index is 805. The van der Waals surface area contributed by atoms with Gasteiger partial charge in [0.25, 0.3) is 0 Å². The van der Waals surface area contributed by atoms with Gasteiger partial charge in [0.1, 0.15) is 17.4 Å². The molecule has 0 saturated heterocycles. The summed E-state index contributed by atoms with van der Waals surface area (Å²) in [5.74, 6) is -3.00. The van der Waals surface area contributed by atoms with Crippen molar-refractivity contribution < 1.29 is 28.2 Å². The Morgan fingerprint density at radius 2 is 1.77 bits per heavy atom. The van der Waals surface area contributed by atoms with E-state index in [0.717, 1.165) is 12.1 Å². The molecule has 1 unspecified atom stereocenters. The summed E-state index contributed by atoms with van der Waals surface area (Å²) in [7, 11) is 1.47. The number of carboxylic acid groups (broad SMARTS) is 1. The van der Waals surface area contributed by atoms with E-state index >= 15 is 0 Å². The van der Waals surface area contributed by atoms with E-state index in [1.807, 2.05) is 0 Å². The van der Waals surface area contributed by atoms with Gasteiger partial charge >= 0.3 is 5.97 Å². The zero-order valence-electron chi connectivity index (χ0n) is 14.4. The molecule has 0 aromatic heterocycles. The summed E-state index contributed by atoms with van der Waals surface area (Å²) in [6.07, 6.45) is -0.955. The molecule has 0 fully saturated rings. The first-order valence-electron chi connectivity index (χ1n) is 7.85. The lowest BCUT2D eigenvalue weighted by Gasteiger charge is -2.30. The number of aliphatic carboxylic acids is 1. The summed E-state index contributed by atoms with van der Waals surface area (Å²) in [6, 6.07) is 9.92. The molecule has 0 spiro atoms. The Balaban J connectivity index is 2.29. The number of methoxy groups -OCH3 is 1. The average molecular weight is 363 g/mol. The molecule has 2 rings (SSSR count). The van der Waals surface area contributed by atoms with Crippen LogP contribution in [0.5, 0.6) is 5.75 Å². The Morgan fingerprint density at radius 1 is 1.15 bits per heavy atom. The van der Waals surface area contributed by atoms with Crippen molar-refractivity contribution >= 4 is 11.9 Å². The van der Waals surface area contributed by atoms with E-state index in [0.29, 0.717) is 11.3 Å². The van der Waals surface area contributed by atoms with Crippen LogP contribution in [-0.2, 0) is 21.5 Å². The van der Waals surface area contributed by atoms with Crippen molar-refractivity contribution in [1.29, 1.82) is 0 Å². The van der Waals surface area contributed by atoms with Crippen LogP contribution in [0.4, 0.5) is 8.78 Å². The highest BCUT2D eigenvalue weighted by Gasteiger charge is 2.32. The predicted molar refractivity (Wildman–Crippen MR) is 90.8 cm³/mol. The van der Waals surface area contributed by atoms with Gasteiger partial charge in [-0.05, 0) is 36.8 Å². The molecule has 7 heteroatoms. The molecule has 0 bridgehead atoms. The molecule has 1 atom stereocenters. The summed E-state index contributed by atoms with van der Waals surface area (Å²) >= 11 is 0. The molecule has 1 amide bonds. The second kappa shape index (κ2) is 7.95. The van der Waals surface area contributed by atoms with Gasteiger partial charge in [-0.1, -0.05) is 18.2 Å². The number of halogens is 2. The number of carbonyl (C=O) groups is 2. The normalized spacial score (nSPS) is 12.9. The Kier molecular flexibility index (Phi) is 5.92. The van der Waals surface area contributed by atoms with Gasteiger partial charge < -0.3 is 15.2 Å². The molecule has 5 nitrogen and oxygen atoms in total. The van der Waals surface area contributed by atoms with Crippen LogP contribution in [0.3, 0.4) is 0 Å². The zero-order chi connectivity index (χ0) is 19.3. The van der Waals surface area contributed by atoms with Crippen molar-refractivity contribution in [2.75, 3.05) is 7.11 Å². The molecule has 2 aromatic carbocycles. The van der Waals surface area contributed by atoms with E-state index in [1.54, 1.807) is 24.3 Å². The van der Waals surface area contributed by atoms with Crippen molar-refractivity contribution in [2.24, 2.45) is 0 Å². The van der Waals surface area contributed by atoms with Gasteiger partial charge in [-0.25, -0.2) is 8.78 Å². The third kappa shape index (κ3) is 4.56. The fourth-order valence-corrected chi connectivity index (χ4v) is 2.70. The summed E-state index contributed by atoms with van der Waals surface area (Å²) in [5, 5.41) is 11.8. The number of ether oxygens (including phenoxy) is 1. The van der Waals surface area contributed by atoms with Gasteiger partial charge in [-0.2, -0.15) is 0 Å². The van der Waals surface area contributed by atoms with Crippen molar-refractivity contribution in [3.05, 3.63) is 65.2 Å². The van der Waals surface area contributed by atoms with Gasteiger partial charge in [0.15, 0.2) is 0 Å². The maximum Gasteiger partial charge on any atom is 0.306 e. The molecule has 0 radical (unpaired) electrons. The SMILES string of the molecule is COc1cccc(C(C)(CC(=O)O)NC(=O)Cc2c(F)cccc2F)c1. The largest absolute Gasteiger partial charge is 0.497 e. The van der Waals surface area contributed by atoms with Crippen molar-refractivity contribution in [3.8, 4) is 5.75 Å². The van der Waals surface area contributed by atoms with Gasteiger partial charge in [-0.3, -0.25) is 9.59 Å². The lowest BCUT2D eigenvalue weighted by molar-refractivity contribution is -0.139. The van der Waals surface area contributed by atoms with Crippen LogP contribution in [0.15, 0.2) is 42.5 Å². The molecule has 2 aromatic rings. The number of amides is 1. The van der Waals surface area contributed by atoms with E-state index in [1.165, 1.54) is 20.1 Å². The van der Waals surface area contributed by atoms with Crippen LogP contribution in [-0.4, -0.2) is 24.1 Å². The lowest BCUT2D eigenvalue weighted by atomic mass is 9.88. The van der Waals surface area contributed by atoms with E-state index in [4.69, 9.17) is 4.74 Å². The molecule has 2 N–H and O–H groups in total. The van der Waals surface area contributed by atoms with Crippen LogP contribution in [0.2, 0.25) is 0 Å². The fraction of sp³-hybridized carbons (Fsp3) is 0.263. The van der Waals surface area contributed by atoms with Crippen LogP contribution in [0.1, 0.15) is 24.5 Å². The Labute approximate surface area is 149 Å². The van der Waals surface area contributed by atoms with E-state index < -0.39 is 41.9 Å². The highest BCUT2D eigenvalue weighted by Crippen LogP contribution is 2.28. The highest BCUT2D eigenvalue weighted by molar-refractivity contribution is 5.81. The quantitative estimate of drug-likeness (QED) is 0.793. The Morgan fingerprint density at radius 3 is 2.35 bits per heavy atom. The van der Waals surface area contributed by atoms with Crippen LogP contribution < -0.4 is 10.1 Å². The maximum absolute atomic E-state index is 13.7. The van der Waals surface area contributed by atoms with Gasteiger partial charge in [-0.15, -0.1) is 0 Å². The van der Waals surface area contributed by atoms with Crippen LogP contribution in [0, 0.1) is 11.6 Å². The smallest absolute Gasteiger partial charge is 0.306 e. The van der Waals surface area contributed by atoms with E-state index in [-0.39, 0.29) is 5.56 Å². The third-order valence-corrected chi connectivity index (χ3v) is 4.03. The average Bonchev–Trinajstić information content (AvgIpc) is 2.57.